The first-order valence-electron chi connectivity index (χ1n) is 6.48. The van der Waals surface area contributed by atoms with Crippen LogP contribution in [0.4, 0.5) is 0 Å². The quantitative estimate of drug-likeness (QED) is 0.779. The SMILES string of the molecule is CCCn1c(=O)[nH]c(=O)c2nn(-c3ccccc3)cc21. The van der Waals surface area contributed by atoms with E-state index in [1.165, 1.54) is 0 Å². The second kappa shape index (κ2) is 4.80. The third kappa shape index (κ3) is 1.95. The molecule has 6 nitrogen and oxygen atoms in total. The van der Waals surface area contributed by atoms with Crippen LogP contribution in [0.5, 0.6) is 0 Å². The Kier molecular flexibility index (Phi) is 2.98. The monoisotopic (exact) mass is 270 g/mol. The Morgan fingerprint density at radius 1 is 1.20 bits per heavy atom. The summed E-state index contributed by atoms with van der Waals surface area (Å²) in [5.74, 6) is 0. The fraction of sp³-hybridized carbons (Fsp3) is 0.214. The topological polar surface area (TPSA) is 72.7 Å². The molecule has 2 aromatic heterocycles. The van der Waals surface area contributed by atoms with Crippen LogP contribution in [-0.2, 0) is 6.54 Å². The first-order valence-corrected chi connectivity index (χ1v) is 6.48. The van der Waals surface area contributed by atoms with Crippen LogP contribution in [0.15, 0.2) is 46.1 Å². The van der Waals surface area contributed by atoms with Gasteiger partial charge >= 0.3 is 5.69 Å². The average Bonchev–Trinajstić information content (AvgIpc) is 2.90. The standard InChI is InChI=1S/C14H14N4O2/c1-2-8-17-11-9-18(10-6-4-3-5-7-10)16-12(11)13(19)15-14(17)20/h3-7,9H,2,8H2,1H3,(H,15,19,20). The van der Waals surface area contributed by atoms with Crippen molar-refractivity contribution in [1.82, 2.24) is 19.3 Å². The number of hydrogen-bond acceptors (Lipinski definition) is 3. The summed E-state index contributed by atoms with van der Waals surface area (Å²) in [7, 11) is 0. The number of aromatic nitrogens is 4. The summed E-state index contributed by atoms with van der Waals surface area (Å²) in [6.07, 6.45) is 2.52. The molecular formula is C14H14N4O2. The van der Waals surface area contributed by atoms with E-state index >= 15 is 0 Å². The maximum absolute atomic E-state index is 11.9. The van der Waals surface area contributed by atoms with Crippen molar-refractivity contribution in [2.45, 2.75) is 19.9 Å². The molecule has 1 aromatic carbocycles. The highest BCUT2D eigenvalue weighted by Crippen LogP contribution is 2.11. The lowest BCUT2D eigenvalue weighted by Crippen LogP contribution is -2.29. The summed E-state index contributed by atoms with van der Waals surface area (Å²) in [6.45, 7) is 2.53. The van der Waals surface area contributed by atoms with Crippen molar-refractivity contribution in [2.24, 2.45) is 0 Å². The lowest BCUT2D eigenvalue weighted by molar-refractivity contribution is 0.658. The Balaban J connectivity index is 2.30. The number of benzene rings is 1. The summed E-state index contributed by atoms with van der Waals surface area (Å²) in [6, 6.07) is 9.48. The third-order valence-corrected chi connectivity index (χ3v) is 3.13. The molecule has 102 valence electrons. The first kappa shape index (κ1) is 12.4. The largest absolute Gasteiger partial charge is 0.328 e. The van der Waals surface area contributed by atoms with Crippen molar-refractivity contribution in [3.05, 3.63) is 57.4 Å². The molecule has 0 atom stereocenters. The third-order valence-electron chi connectivity index (χ3n) is 3.13. The van der Waals surface area contributed by atoms with E-state index in [4.69, 9.17) is 0 Å². The highest BCUT2D eigenvalue weighted by atomic mass is 16.2. The number of hydrogen-bond donors (Lipinski definition) is 1. The molecule has 0 fully saturated rings. The minimum absolute atomic E-state index is 0.280. The van der Waals surface area contributed by atoms with E-state index in [9.17, 15) is 9.59 Å². The molecule has 3 rings (SSSR count). The number of H-pyrrole nitrogens is 1. The molecule has 0 aliphatic rings. The van der Waals surface area contributed by atoms with E-state index in [0.717, 1.165) is 12.1 Å². The van der Waals surface area contributed by atoms with Crippen molar-refractivity contribution in [1.29, 1.82) is 0 Å². The van der Waals surface area contributed by atoms with Crippen molar-refractivity contribution in [3.63, 3.8) is 0 Å². The molecular weight excluding hydrogens is 256 g/mol. The minimum atomic E-state index is -0.452. The Labute approximate surface area is 114 Å². The zero-order chi connectivity index (χ0) is 14.1. The van der Waals surface area contributed by atoms with E-state index in [2.05, 4.69) is 10.1 Å². The first-order chi connectivity index (χ1) is 9.70. The van der Waals surface area contributed by atoms with Gasteiger partial charge in [-0.1, -0.05) is 25.1 Å². The van der Waals surface area contributed by atoms with Crippen molar-refractivity contribution in [3.8, 4) is 5.69 Å². The Morgan fingerprint density at radius 3 is 2.65 bits per heavy atom. The molecule has 0 aliphatic heterocycles. The second-order valence-electron chi connectivity index (χ2n) is 4.55. The zero-order valence-electron chi connectivity index (χ0n) is 11.0. The van der Waals surface area contributed by atoms with Gasteiger partial charge in [0.1, 0.15) is 0 Å². The maximum Gasteiger partial charge on any atom is 0.328 e. The van der Waals surface area contributed by atoms with E-state index in [1.807, 2.05) is 37.3 Å². The van der Waals surface area contributed by atoms with E-state index in [-0.39, 0.29) is 5.52 Å². The minimum Gasteiger partial charge on any atom is -0.290 e. The fourth-order valence-electron chi connectivity index (χ4n) is 2.22. The number of nitrogens with one attached hydrogen (secondary N) is 1. The van der Waals surface area contributed by atoms with Crippen LogP contribution < -0.4 is 11.2 Å². The van der Waals surface area contributed by atoms with Gasteiger partial charge in [-0.05, 0) is 18.6 Å². The normalized spacial score (nSPS) is 11.1. The highest BCUT2D eigenvalue weighted by molar-refractivity contribution is 5.73. The highest BCUT2D eigenvalue weighted by Gasteiger charge is 2.11. The van der Waals surface area contributed by atoms with Gasteiger partial charge in [-0.15, -0.1) is 0 Å². The molecule has 0 bridgehead atoms. The summed E-state index contributed by atoms with van der Waals surface area (Å²) in [4.78, 5) is 26.0. The van der Waals surface area contributed by atoms with Crippen molar-refractivity contribution >= 4 is 11.0 Å². The molecule has 0 saturated heterocycles. The molecule has 3 aromatic rings. The predicted molar refractivity (Wildman–Crippen MR) is 76.2 cm³/mol. The molecule has 0 spiro atoms. The zero-order valence-corrected chi connectivity index (χ0v) is 11.0. The Morgan fingerprint density at radius 2 is 1.95 bits per heavy atom. The second-order valence-corrected chi connectivity index (χ2v) is 4.55. The Hall–Kier alpha value is -2.63. The number of nitrogens with zero attached hydrogens (tertiary/aromatic N) is 3. The van der Waals surface area contributed by atoms with E-state index in [1.54, 1.807) is 15.4 Å². The molecule has 0 amide bonds. The smallest absolute Gasteiger partial charge is 0.290 e. The predicted octanol–water partition coefficient (Wildman–Crippen LogP) is 1.29. The maximum atomic E-state index is 11.9. The van der Waals surface area contributed by atoms with Gasteiger partial charge in [-0.2, -0.15) is 5.10 Å². The van der Waals surface area contributed by atoms with Gasteiger partial charge in [0.05, 0.1) is 17.4 Å². The van der Waals surface area contributed by atoms with Gasteiger partial charge in [-0.3, -0.25) is 14.3 Å². The fourth-order valence-corrected chi connectivity index (χ4v) is 2.22. The molecule has 0 saturated carbocycles. The van der Waals surface area contributed by atoms with Crippen molar-refractivity contribution in [2.75, 3.05) is 0 Å². The van der Waals surface area contributed by atoms with Gasteiger partial charge in [0.15, 0.2) is 5.52 Å². The Bertz CT molecular complexity index is 858. The van der Waals surface area contributed by atoms with Crippen LogP contribution in [0.3, 0.4) is 0 Å². The number of aromatic amines is 1. The molecule has 0 radical (unpaired) electrons. The molecule has 0 unspecified atom stereocenters. The van der Waals surface area contributed by atoms with Crippen LogP contribution >= 0.6 is 0 Å². The summed E-state index contributed by atoms with van der Waals surface area (Å²) < 4.78 is 3.16. The molecule has 2 heterocycles. The number of para-hydroxylation sites is 1. The summed E-state index contributed by atoms with van der Waals surface area (Å²) in [5, 5.41) is 4.28. The van der Waals surface area contributed by atoms with Gasteiger partial charge in [0, 0.05) is 6.54 Å². The van der Waals surface area contributed by atoms with E-state index < -0.39 is 11.2 Å². The lowest BCUT2D eigenvalue weighted by Gasteiger charge is -2.02. The van der Waals surface area contributed by atoms with Crippen LogP contribution in [0.1, 0.15) is 13.3 Å². The van der Waals surface area contributed by atoms with Crippen LogP contribution in [0.25, 0.3) is 16.7 Å². The van der Waals surface area contributed by atoms with Crippen LogP contribution in [0, 0.1) is 0 Å². The molecule has 6 heteroatoms. The summed E-state index contributed by atoms with van der Waals surface area (Å²) >= 11 is 0. The van der Waals surface area contributed by atoms with Gasteiger partial charge in [-0.25, -0.2) is 9.48 Å². The van der Waals surface area contributed by atoms with Crippen LogP contribution in [0.2, 0.25) is 0 Å². The van der Waals surface area contributed by atoms with Crippen molar-refractivity contribution < 1.29 is 0 Å². The molecule has 1 N–H and O–H groups in total. The summed E-state index contributed by atoms with van der Waals surface area (Å²) in [5.41, 5.74) is 0.842. The van der Waals surface area contributed by atoms with Crippen LogP contribution in [-0.4, -0.2) is 19.3 Å². The van der Waals surface area contributed by atoms with E-state index in [0.29, 0.717) is 12.1 Å². The average molecular weight is 270 g/mol. The van der Waals surface area contributed by atoms with Gasteiger partial charge in [0.25, 0.3) is 5.56 Å². The lowest BCUT2D eigenvalue weighted by atomic mass is 10.3. The number of fused-ring (bicyclic) bond motifs is 1. The number of aryl methyl sites for hydroxylation is 1. The molecule has 20 heavy (non-hydrogen) atoms. The van der Waals surface area contributed by atoms with Gasteiger partial charge < -0.3 is 0 Å². The van der Waals surface area contributed by atoms with Gasteiger partial charge in [0.2, 0.25) is 0 Å². The number of rotatable bonds is 3. The molecule has 0 aliphatic carbocycles.